The first-order valence-corrected chi connectivity index (χ1v) is 7.25. The molecular weight excluding hydrogens is 300 g/mol. The molecule has 0 atom stereocenters. The van der Waals surface area contributed by atoms with Gasteiger partial charge in [-0.15, -0.1) is 0 Å². The third kappa shape index (κ3) is 3.95. The second kappa shape index (κ2) is 6.19. The molecule has 1 fully saturated rings. The Hall–Kier alpha value is -0.0900. The van der Waals surface area contributed by atoms with E-state index in [2.05, 4.69) is 21.2 Å². The van der Waals surface area contributed by atoms with Crippen LogP contribution < -0.4 is 11.1 Å². The number of hydrogen-bond donors (Lipinski definition) is 2. The van der Waals surface area contributed by atoms with Gasteiger partial charge in [0.1, 0.15) is 0 Å². The Bertz CT molecular complexity index is 376. The van der Waals surface area contributed by atoms with E-state index in [4.69, 9.17) is 17.3 Å². The Kier molecular flexibility index (Phi) is 4.86. The van der Waals surface area contributed by atoms with E-state index < -0.39 is 0 Å². The van der Waals surface area contributed by atoms with Gasteiger partial charge in [-0.1, -0.05) is 27.5 Å². The summed E-state index contributed by atoms with van der Waals surface area (Å²) in [6, 6.07) is 6.91. The molecule has 1 aromatic rings. The zero-order chi connectivity index (χ0) is 12.3. The molecule has 0 saturated heterocycles. The first kappa shape index (κ1) is 13.3. The summed E-state index contributed by atoms with van der Waals surface area (Å²) in [4.78, 5) is 0. The van der Waals surface area contributed by atoms with Crippen molar-refractivity contribution < 1.29 is 0 Å². The summed E-state index contributed by atoms with van der Waals surface area (Å²) in [5, 5.41) is 4.37. The highest BCUT2D eigenvalue weighted by Gasteiger charge is 2.17. The smallest absolute Gasteiger partial charge is 0.0410 e. The molecule has 0 spiro atoms. The van der Waals surface area contributed by atoms with Crippen LogP contribution in [-0.4, -0.2) is 12.1 Å². The molecule has 2 rings (SSSR count). The van der Waals surface area contributed by atoms with Crippen LogP contribution in [0.4, 0.5) is 0 Å². The van der Waals surface area contributed by atoms with Gasteiger partial charge in [0, 0.05) is 28.1 Å². The van der Waals surface area contributed by atoms with Gasteiger partial charge in [-0.3, -0.25) is 0 Å². The van der Waals surface area contributed by atoms with Crippen molar-refractivity contribution >= 4 is 27.5 Å². The SMILES string of the molecule is NC1CCC(NCc2cc(Cl)ccc2Br)CC1. The molecule has 17 heavy (non-hydrogen) atoms. The Morgan fingerprint density at radius 1 is 1.29 bits per heavy atom. The van der Waals surface area contributed by atoms with Gasteiger partial charge in [-0.25, -0.2) is 0 Å². The van der Waals surface area contributed by atoms with Crippen LogP contribution in [0, 0.1) is 0 Å². The number of hydrogen-bond acceptors (Lipinski definition) is 2. The van der Waals surface area contributed by atoms with Crippen molar-refractivity contribution in [1.82, 2.24) is 5.32 Å². The fourth-order valence-electron chi connectivity index (χ4n) is 2.26. The van der Waals surface area contributed by atoms with E-state index in [0.717, 1.165) is 28.9 Å². The van der Waals surface area contributed by atoms with E-state index in [1.165, 1.54) is 18.4 Å². The van der Waals surface area contributed by atoms with Gasteiger partial charge in [0.05, 0.1) is 0 Å². The fourth-order valence-corrected chi connectivity index (χ4v) is 2.84. The summed E-state index contributed by atoms with van der Waals surface area (Å²) in [6.45, 7) is 0.862. The van der Waals surface area contributed by atoms with Crippen LogP contribution in [0.15, 0.2) is 22.7 Å². The predicted molar refractivity (Wildman–Crippen MR) is 76.2 cm³/mol. The largest absolute Gasteiger partial charge is 0.328 e. The van der Waals surface area contributed by atoms with Crippen molar-refractivity contribution in [3.8, 4) is 0 Å². The third-order valence-electron chi connectivity index (χ3n) is 3.36. The summed E-state index contributed by atoms with van der Waals surface area (Å²) in [5.74, 6) is 0. The number of nitrogens with one attached hydrogen (secondary N) is 1. The highest BCUT2D eigenvalue weighted by atomic mass is 79.9. The van der Waals surface area contributed by atoms with Gasteiger partial charge in [0.15, 0.2) is 0 Å². The average Bonchev–Trinajstić information content (AvgIpc) is 2.32. The van der Waals surface area contributed by atoms with Gasteiger partial charge in [-0.05, 0) is 49.4 Å². The predicted octanol–water partition coefficient (Wildman–Crippen LogP) is 3.46. The molecule has 0 unspecified atom stereocenters. The molecule has 1 aromatic carbocycles. The second-order valence-corrected chi connectivity index (χ2v) is 6.02. The van der Waals surface area contributed by atoms with Gasteiger partial charge in [0.2, 0.25) is 0 Å². The lowest BCUT2D eigenvalue weighted by Gasteiger charge is -2.27. The van der Waals surface area contributed by atoms with E-state index in [1.54, 1.807) is 0 Å². The van der Waals surface area contributed by atoms with Gasteiger partial charge >= 0.3 is 0 Å². The summed E-state index contributed by atoms with van der Waals surface area (Å²) < 4.78 is 1.11. The Labute approximate surface area is 116 Å². The lowest BCUT2D eigenvalue weighted by molar-refractivity contribution is 0.341. The van der Waals surface area contributed by atoms with Gasteiger partial charge in [-0.2, -0.15) is 0 Å². The monoisotopic (exact) mass is 316 g/mol. The van der Waals surface area contributed by atoms with Crippen LogP contribution in [0.3, 0.4) is 0 Å². The molecule has 3 N–H and O–H groups in total. The molecule has 0 amide bonds. The summed E-state index contributed by atoms with van der Waals surface area (Å²) in [6.07, 6.45) is 4.63. The molecule has 0 bridgehead atoms. The maximum absolute atomic E-state index is 5.99. The lowest BCUT2D eigenvalue weighted by atomic mass is 9.92. The second-order valence-electron chi connectivity index (χ2n) is 4.73. The van der Waals surface area contributed by atoms with E-state index in [9.17, 15) is 0 Å². The van der Waals surface area contributed by atoms with E-state index in [0.29, 0.717) is 12.1 Å². The van der Waals surface area contributed by atoms with Crippen LogP contribution in [0.25, 0.3) is 0 Å². The topological polar surface area (TPSA) is 38.0 Å². The zero-order valence-electron chi connectivity index (χ0n) is 9.76. The normalized spacial score (nSPS) is 24.9. The van der Waals surface area contributed by atoms with Crippen molar-refractivity contribution in [1.29, 1.82) is 0 Å². The van der Waals surface area contributed by atoms with Crippen LogP contribution in [0.2, 0.25) is 5.02 Å². The van der Waals surface area contributed by atoms with Crippen molar-refractivity contribution in [2.45, 2.75) is 44.3 Å². The molecule has 0 aromatic heterocycles. The first-order valence-electron chi connectivity index (χ1n) is 6.08. The van der Waals surface area contributed by atoms with Crippen molar-refractivity contribution in [3.63, 3.8) is 0 Å². The molecular formula is C13H18BrClN2. The number of benzene rings is 1. The maximum atomic E-state index is 5.99. The Morgan fingerprint density at radius 2 is 2.00 bits per heavy atom. The van der Waals surface area contributed by atoms with Gasteiger partial charge in [0.25, 0.3) is 0 Å². The molecule has 0 aliphatic heterocycles. The van der Waals surface area contributed by atoms with Gasteiger partial charge < -0.3 is 11.1 Å². The molecule has 1 aliphatic rings. The third-order valence-corrected chi connectivity index (χ3v) is 4.37. The lowest BCUT2D eigenvalue weighted by Crippen LogP contribution is -2.37. The van der Waals surface area contributed by atoms with E-state index in [-0.39, 0.29) is 0 Å². The summed E-state index contributed by atoms with van der Waals surface area (Å²) in [5.41, 5.74) is 7.11. The molecule has 0 heterocycles. The fraction of sp³-hybridized carbons (Fsp3) is 0.538. The van der Waals surface area contributed by atoms with Crippen molar-refractivity contribution in [2.24, 2.45) is 5.73 Å². The van der Waals surface area contributed by atoms with Crippen molar-refractivity contribution in [3.05, 3.63) is 33.3 Å². The number of halogens is 2. The minimum Gasteiger partial charge on any atom is -0.328 e. The standard InChI is InChI=1S/C13H18BrClN2/c14-13-6-1-10(15)7-9(13)8-17-12-4-2-11(16)3-5-12/h1,6-7,11-12,17H,2-5,8,16H2. The minimum absolute atomic E-state index is 0.408. The summed E-state index contributed by atoms with van der Waals surface area (Å²) >= 11 is 9.54. The highest BCUT2D eigenvalue weighted by Crippen LogP contribution is 2.22. The molecule has 1 aliphatic carbocycles. The minimum atomic E-state index is 0.408. The van der Waals surface area contributed by atoms with Crippen LogP contribution in [0.1, 0.15) is 31.2 Å². The summed E-state index contributed by atoms with van der Waals surface area (Å²) in [7, 11) is 0. The highest BCUT2D eigenvalue weighted by molar-refractivity contribution is 9.10. The molecule has 0 radical (unpaired) electrons. The molecule has 2 nitrogen and oxygen atoms in total. The quantitative estimate of drug-likeness (QED) is 0.896. The maximum Gasteiger partial charge on any atom is 0.0410 e. The van der Waals surface area contributed by atoms with E-state index in [1.807, 2.05) is 18.2 Å². The van der Waals surface area contributed by atoms with Crippen LogP contribution >= 0.6 is 27.5 Å². The number of rotatable bonds is 3. The van der Waals surface area contributed by atoms with Crippen LogP contribution in [-0.2, 0) is 6.54 Å². The van der Waals surface area contributed by atoms with Crippen molar-refractivity contribution in [2.75, 3.05) is 0 Å². The average molecular weight is 318 g/mol. The zero-order valence-corrected chi connectivity index (χ0v) is 12.1. The molecule has 94 valence electrons. The first-order chi connectivity index (χ1) is 8.15. The molecule has 4 heteroatoms. The van der Waals surface area contributed by atoms with E-state index >= 15 is 0 Å². The Balaban J connectivity index is 1.87. The Morgan fingerprint density at radius 3 is 2.71 bits per heavy atom. The van der Waals surface area contributed by atoms with Crippen LogP contribution in [0.5, 0.6) is 0 Å². The number of nitrogens with two attached hydrogens (primary N) is 1. The molecule has 1 saturated carbocycles.